The van der Waals surface area contributed by atoms with E-state index in [-0.39, 0.29) is 18.0 Å². The van der Waals surface area contributed by atoms with Crippen molar-refractivity contribution in [3.05, 3.63) is 36.3 Å². The van der Waals surface area contributed by atoms with Crippen LogP contribution in [-0.4, -0.2) is 45.0 Å². The van der Waals surface area contributed by atoms with Crippen LogP contribution in [0.4, 0.5) is 19.0 Å². The highest BCUT2D eigenvalue weighted by Gasteiger charge is 2.36. The number of alkyl halides is 3. The van der Waals surface area contributed by atoms with Gasteiger partial charge in [-0.25, -0.2) is 9.67 Å². The van der Waals surface area contributed by atoms with Gasteiger partial charge in [-0.1, -0.05) is 5.21 Å². The number of pyridine rings is 1. The van der Waals surface area contributed by atoms with Crippen molar-refractivity contribution in [2.75, 3.05) is 18.0 Å². The maximum atomic E-state index is 12.6. The molecule has 3 heterocycles. The molecule has 1 saturated heterocycles. The highest BCUT2D eigenvalue weighted by molar-refractivity contribution is 5.73. The standard InChI is InChI=1S/C14H15F3N6O/c1-9(24)20-11-7-22(8-12(11)23-5-4-19-21-23)13-3-2-10(6-18-13)14(15,16)17/h2-6,11-12H,7-8H2,1H3,(H,20,24)/t11-,12+/m1/s1. The van der Waals surface area contributed by atoms with Gasteiger partial charge in [-0.3, -0.25) is 4.79 Å². The first-order chi connectivity index (χ1) is 11.3. The second-order valence-electron chi connectivity index (χ2n) is 5.57. The molecule has 1 amide bonds. The van der Waals surface area contributed by atoms with E-state index < -0.39 is 11.7 Å². The van der Waals surface area contributed by atoms with Gasteiger partial charge >= 0.3 is 6.18 Å². The summed E-state index contributed by atoms with van der Waals surface area (Å²) in [6.07, 6.45) is -0.392. The van der Waals surface area contributed by atoms with Gasteiger partial charge in [0.05, 0.1) is 23.8 Å². The summed E-state index contributed by atoms with van der Waals surface area (Å²) in [4.78, 5) is 17.1. The normalized spacial score (nSPS) is 21.1. The summed E-state index contributed by atoms with van der Waals surface area (Å²) in [5.41, 5.74) is -0.795. The van der Waals surface area contributed by atoms with E-state index >= 15 is 0 Å². The average molecular weight is 340 g/mol. The van der Waals surface area contributed by atoms with Gasteiger partial charge in [0.15, 0.2) is 0 Å². The molecule has 2 aromatic rings. The third-order valence-corrected chi connectivity index (χ3v) is 3.86. The molecule has 0 radical (unpaired) electrons. The van der Waals surface area contributed by atoms with E-state index in [0.717, 1.165) is 12.3 Å². The fraction of sp³-hybridized carbons (Fsp3) is 0.429. The first-order valence-electron chi connectivity index (χ1n) is 7.25. The van der Waals surface area contributed by atoms with Crippen LogP contribution in [0.2, 0.25) is 0 Å². The van der Waals surface area contributed by atoms with Crippen LogP contribution in [0.25, 0.3) is 0 Å². The number of anilines is 1. The van der Waals surface area contributed by atoms with Gasteiger partial charge < -0.3 is 10.2 Å². The van der Waals surface area contributed by atoms with Crippen LogP contribution in [0, 0.1) is 0 Å². The van der Waals surface area contributed by atoms with E-state index in [0.29, 0.717) is 18.9 Å². The molecule has 2 atom stereocenters. The molecule has 1 aliphatic rings. The third kappa shape index (κ3) is 3.31. The lowest BCUT2D eigenvalue weighted by Gasteiger charge is -2.18. The Labute approximate surface area is 135 Å². The van der Waals surface area contributed by atoms with E-state index in [1.165, 1.54) is 19.2 Å². The summed E-state index contributed by atoms with van der Waals surface area (Å²) in [5, 5.41) is 10.5. The molecule has 1 aliphatic heterocycles. The highest BCUT2D eigenvalue weighted by atomic mass is 19.4. The minimum atomic E-state index is -4.42. The van der Waals surface area contributed by atoms with Gasteiger partial charge in [0, 0.05) is 32.4 Å². The fourth-order valence-electron chi connectivity index (χ4n) is 2.78. The first kappa shape index (κ1) is 16.2. The SMILES string of the molecule is CC(=O)N[C@@H]1CN(c2ccc(C(F)(F)F)cn2)C[C@@H]1n1ccnn1. The van der Waals surface area contributed by atoms with Gasteiger partial charge in [-0.15, -0.1) is 5.10 Å². The number of nitrogens with zero attached hydrogens (tertiary/aromatic N) is 5. The number of nitrogens with one attached hydrogen (secondary N) is 1. The molecule has 3 rings (SSSR count). The van der Waals surface area contributed by atoms with Crippen molar-refractivity contribution in [2.24, 2.45) is 0 Å². The Morgan fingerprint density at radius 3 is 2.67 bits per heavy atom. The second kappa shape index (κ2) is 6.10. The van der Waals surface area contributed by atoms with Crippen LogP contribution in [-0.2, 0) is 11.0 Å². The maximum Gasteiger partial charge on any atom is 0.417 e. The van der Waals surface area contributed by atoms with Crippen molar-refractivity contribution < 1.29 is 18.0 Å². The van der Waals surface area contributed by atoms with Crippen molar-refractivity contribution >= 4 is 11.7 Å². The van der Waals surface area contributed by atoms with Crippen molar-refractivity contribution in [1.82, 2.24) is 25.3 Å². The van der Waals surface area contributed by atoms with Gasteiger partial charge in [0.25, 0.3) is 0 Å². The summed E-state index contributed by atoms with van der Waals surface area (Å²) in [6, 6.07) is 1.91. The molecule has 0 saturated carbocycles. The molecular formula is C14H15F3N6O. The minimum absolute atomic E-state index is 0.180. The van der Waals surface area contributed by atoms with E-state index in [1.807, 2.05) is 4.90 Å². The number of aromatic nitrogens is 4. The van der Waals surface area contributed by atoms with E-state index in [2.05, 4.69) is 20.6 Å². The average Bonchev–Trinajstić information content (AvgIpc) is 3.15. The second-order valence-corrected chi connectivity index (χ2v) is 5.57. The molecule has 7 nitrogen and oxygen atoms in total. The molecule has 0 spiro atoms. The maximum absolute atomic E-state index is 12.6. The fourth-order valence-corrected chi connectivity index (χ4v) is 2.78. The lowest BCUT2D eigenvalue weighted by molar-refractivity contribution is -0.137. The number of halogens is 3. The molecule has 0 aromatic carbocycles. The molecule has 24 heavy (non-hydrogen) atoms. The largest absolute Gasteiger partial charge is 0.417 e. The Bertz CT molecular complexity index is 700. The summed E-state index contributed by atoms with van der Waals surface area (Å²) in [5.74, 6) is 0.230. The summed E-state index contributed by atoms with van der Waals surface area (Å²) < 4.78 is 39.5. The van der Waals surface area contributed by atoms with Crippen molar-refractivity contribution in [2.45, 2.75) is 25.2 Å². The van der Waals surface area contributed by atoms with Crippen molar-refractivity contribution in [3.63, 3.8) is 0 Å². The zero-order valence-electron chi connectivity index (χ0n) is 12.7. The summed E-state index contributed by atoms with van der Waals surface area (Å²) in [7, 11) is 0. The third-order valence-electron chi connectivity index (χ3n) is 3.86. The Morgan fingerprint density at radius 1 is 1.33 bits per heavy atom. The Morgan fingerprint density at radius 2 is 2.12 bits per heavy atom. The number of rotatable bonds is 3. The summed E-state index contributed by atoms with van der Waals surface area (Å²) in [6.45, 7) is 2.28. The number of carbonyl (C=O) groups is 1. The van der Waals surface area contributed by atoms with Gasteiger partial charge in [-0.05, 0) is 12.1 Å². The van der Waals surface area contributed by atoms with Crippen LogP contribution in [0.1, 0.15) is 18.5 Å². The number of carbonyl (C=O) groups excluding carboxylic acids is 1. The molecule has 1 fully saturated rings. The quantitative estimate of drug-likeness (QED) is 0.910. The Kier molecular flexibility index (Phi) is 4.12. The lowest BCUT2D eigenvalue weighted by Crippen LogP contribution is -2.40. The topological polar surface area (TPSA) is 75.9 Å². The first-order valence-corrected chi connectivity index (χ1v) is 7.25. The summed E-state index contributed by atoms with van der Waals surface area (Å²) >= 11 is 0. The Balaban J connectivity index is 1.81. The zero-order chi connectivity index (χ0) is 17.3. The van der Waals surface area contributed by atoms with Gasteiger partial charge in [0.2, 0.25) is 5.91 Å². The van der Waals surface area contributed by atoms with Crippen molar-refractivity contribution in [1.29, 1.82) is 0 Å². The van der Waals surface area contributed by atoms with Crippen molar-refractivity contribution in [3.8, 4) is 0 Å². The van der Waals surface area contributed by atoms with Crippen LogP contribution < -0.4 is 10.2 Å². The highest BCUT2D eigenvalue weighted by Crippen LogP contribution is 2.31. The predicted molar refractivity (Wildman–Crippen MR) is 78.1 cm³/mol. The predicted octanol–water partition coefficient (Wildman–Crippen LogP) is 1.26. The lowest BCUT2D eigenvalue weighted by atomic mass is 10.2. The van der Waals surface area contributed by atoms with E-state index in [4.69, 9.17) is 0 Å². The minimum Gasteiger partial charge on any atom is -0.352 e. The monoisotopic (exact) mass is 340 g/mol. The molecular weight excluding hydrogens is 325 g/mol. The van der Waals surface area contributed by atoms with E-state index in [1.54, 1.807) is 10.9 Å². The molecule has 1 N–H and O–H groups in total. The number of hydrogen-bond donors (Lipinski definition) is 1. The molecule has 0 bridgehead atoms. The number of amides is 1. The van der Waals surface area contributed by atoms with Crippen LogP contribution in [0.3, 0.4) is 0 Å². The van der Waals surface area contributed by atoms with Crippen LogP contribution >= 0.6 is 0 Å². The van der Waals surface area contributed by atoms with Gasteiger partial charge in [-0.2, -0.15) is 13.2 Å². The van der Waals surface area contributed by atoms with Crippen LogP contribution in [0.15, 0.2) is 30.7 Å². The smallest absolute Gasteiger partial charge is 0.352 e. The van der Waals surface area contributed by atoms with E-state index in [9.17, 15) is 18.0 Å². The molecule has 10 heteroatoms. The molecule has 128 valence electrons. The Hall–Kier alpha value is -2.65. The van der Waals surface area contributed by atoms with Gasteiger partial charge in [0.1, 0.15) is 5.82 Å². The number of hydrogen-bond acceptors (Lipinski definition) is 5. The molecule has 0 aliphatic carbocycles. The molecule has 2 aromatic heterocycles. The molecule has 0 unspecified atom stereocenters. The zero-order valence-corrected chi connectivity index (χ0v) is 12.7. The van der Waals surface area contributed by atoms with Crippen LogP contribution in [0.5, 0.6) is 0 Å².